The summed E-state index contributed by atoms with van der Waals surface area (Å²) in [5.41, 5.74) is 1.99. The molecule has 108 valence electrons. The van der Waals surface area contributed by atoms with E-state index in [2.05, 4.69) is 39.8 Å². The van der Waals surface area contributed by atoms with Crippen LogP contribution in [0.15, 0.2) is 54.6 Å². The minimum atomic E-state index is -0.174. The Morgan fingerprint density at radius 2 is 1.30 bits per heavy atom. The quantitative estimate of drug-likeness (QED) is 0.778. The largest absolute Gasteiger partial charge is 0.508 e. The van der Waals surface area contributed by atoms with Gasteiger partial charge in [0, 0.05) is 11.0 Å². The molecular formula is C19H26O. The Kier molecular flexibility index (Phi) is 6.30. The summed E-state index contributed by atoms with van der Waals surface area (Å²) in [4.78, 5) is 0. The Balaban J connectivity index is 0.000000444. The van der Waals surface area contributed by atoms with Gasteiger partial charge in [-0.1, -0.05) is 89.1 Å². The van der Waals surface area contributed by atoms with Crippen LogP contribution >= 0.6 is 0 Å². The minimum absolute atomic E-state index is 0.174. The first-order chi connectivity index (χ1) is 9.54. The zero-order valence-corrected chi connectivity index (χ0v) is 13.1. The molecular weight excluding hydrogens is 244 g/mol. The zero-order valence-electron chi connectivity index (χ0n) is 13.1. The van der Waals surface area contributed by atoms with Crippen LogP contribution < -0.4 is 0 Å². The van der Waals surface area contributed by atoms with Crippen LogP contribution in [-0.2, 0) is 5.41 Å². The number of aromatic hydroxyl groups is 1. The number of hydrogen-bond donors (Lipinski definition) is 1. The van der Waals surface area contributed by atoms with Crippen molar-refractivity contribution >= 4 is 0 Å². The number of phenols is 1. The number of para-hydroxylation sites is 1. The standard InChI is InChI=1S/C15H16O.C4H10/c1-15(2,12-8-4-3-5-9-12)13-10-6-7-11-14(13)16;1-3-4-2/h3-11,16H,1-2H3;3-4H2,1-2H3. The average Bonchev–Trinajstić information content (AvgIpc) is 2.48. The normalized spacial score (nSPS) is 10.6. The molecule has 0 unspecified atom stereocenters. The summed E-state index contributed by atoms with van der Waals surface area (Å²) in [6.07, 6.45) is 2.64. The maximum absolute atomic E-state index is 9.91. The Bertz CT molecular complexity index is 498. The molecule has 2 aromatic rings. The molecule has 0 aliphatic rings. The van der Waals surface area contributed by atoms with E-state index in [1.54, 1.807) is 6.07 Å². The van der Waals surface area contributed by atoms with Crippen molar-refractivity contribution < 1.29 is 5.11 Å². The van der Waals surface area contributed by atoms with Crippen molar-refractivity contribution in [1.29, 1.82) is 0 Å². The summed E-state index contributed by atoms with van der Waals surface area (Å²) in [6.45, 7) is 8.61. The summed E-state index contributed by atoms with van der Waals surface area (Å²) in [5.74, 6) is 0.358. The fraction of sp³-hybridized carbons (Fsp3) is 0.368. The van der Waals surface area contributed by atoms with Gasteiger partial charge in [-0.15, -0.1) is 0 Å². The molecule has 0 aliphatic heterocycles. The highest BCUT2D eigenvalue weighted by molar-refractivity contribution is 5.44. The highest BCUT2D eigenvalue weighted by Crippen LogP contribution is 2.36. The first-order valence-electron chi connectivity index (χ1n) is 7.38. The zero-order chi connectivity index (χ0) is 15.0. The third-order valence-corrected chi connectivity index (χ3v) is 3.57. The fourth-order valence-corrected chi connectivity index (χ4v) is 2.01. The minimum Gasteiger partial charge on any atom is -0.508 e. The van der Waals surface area contributed by atoms with Crippen LogP contribution in [-0.4, -0.2) is 5.11 Å². The van der Waals surface area contributed by atoms with Crippen molar-refractivity contribution in [2.24, 2.45) is 0 Å². The van der Waals surface area contributed by atoms with E-state index < -0.39 is 0 Å². The molecule has 2 aromatic carbocycles. The average molecular weight is 270 g/mol. The molecule has 0 bridgehead atoms. The smallest absolute Gasteiger partial charge is 0.119 e. The van der Waals surface area contributed by atoms with Crippen LogP contribution in [0.1, 0.15) is 51.7 Å². The van der Waals surface area contributed by atoms with Crippen molar-refractivity contribution in [3.63, 3.8) is 0 Å². The van der Waals surface area contributed by atoms with E-state index in [-0.39, 0.29) is 5.41 Å². The maximum atomic E-state index is 9.91. The molecule has 0 radical (unpaired) electrons. The highest BCUT2D eigenvalue weighted by Gasteiger charge is 2.25. The lowest BCUT2D eigenvalue weighted by Crippen LogP contribution is -2.18. The number of hydrogen-bond acceptors (Lipinski definition) is 1. The summed E-state index contributed by atoms with van der Waals surface area (Å²) < 4.78 is 0. The topological polar surface area (TPSA) is 20.2 Å². The Morgan fingerprint density at radius 1 is 0.800 bits per heavy atom. The number of unbranched alkanes of at least 4 members (excludes halogenated alkanes) is 1. The number of benzene rings is 2. The summed E-state index contributed by atoms with van der Waals surface area (Å²) in [6, 6.07) is 17.7. The van der Waals surface area contributed by atoms with Gasteiger partial charge >= 0.3 is 0 Å². The lowest BCUT2D eigenvalue weighted by molar-refractivity contribution is 0.453. The molecule has 0 spiro atoms. The second kappa shape index (κ2) is 7.74. The second-order valence-electron chi connectivity index (χ2n) is 5.51. The predicted octanol–water partition coefficient (Wildman–Crippen LogP) is 5.52. The Morgan fingerprint density at radius 3 is 1.80 bits per heavy atom. The van der Waals surface area contributed by atoms with Crippen LogP contribution in [0.3, 0.4) is 0 Å². The van der Waals surface area contributed by atoms with Gasteiger partial charge in [-0.25, -0.2) is 0 Å². The van der Waals surface area contributed by atoms with Gasteiger partial charge in [0.25, 0.3) is 0 Å². The van der Waals surface area contributed by atoms with Crippen LogP contribution in [0.2, 0.25) is 0 Å². The van der Waals surface area contributed by atoms with Crippen molar-refractivity contribution in [2.75, 3.05) is 0 Å². The van der Waals surface area contributed by atoms with Gasteiger partial charge in [0.2, 0.25) is 0 Å². The van der Waals surface area contributed by atoms with Crippen LogP contribution in [0.5, 0.6) is 5.75 Å². The molecule has 2 rings (SSSR count). The summed E-state index contributed by atoms with van der Waals surface area (Å²) in [5, 5.41) is 9.91. The van der Waals surface area contributed by atoms with Gasteiger partial charge in [0.1, 0.15) is 5.75 Å². The third-order valence-electron chi connectivity index (χ3n) is 3.57. The second-order valence-corrected chi connectivity index (χ2v) is 5.51. The van der Waals surface area contributed by atoms with Gasteiger partial charge < -0.3 is 5.11 Å². The monoisotopic (exact) mass is 270 g/mol. The Labute approximate surface area is 123 Å². The lowest BCUT2D eigenvalue weighted by atomic mass is 9.78. The fourth-order valence-electron chi connectivity index (χ4n) is 2.01. The maximum Gasteiger partial charge on any atom is 0.119 e. The van der Waals surface area contributed by atoms with Gasteiger partial charge in [0.05, 0.1) is 0 Å². The molecule has 0 fully saturated rings. The molecule has 1 nitrogen and oxygen atoms in total. The van der Waals surface area contributed by atoms with E-state index in [1.165, 1.54) is 18.4 Å². The van der Waals surface area contributed by atoms with E-state index in [0.29, 0.717) is 5.75 Å². The first kappa shape index (κ1) is 16.3. The number of phenolic OH excluding ortho intramolecular Hbond substituents is 1. The van der Waals surface area contributed by atoms with Gasteiger partial charge in [-0.3, -0.25) is 0 Å². The molecule has 0 amide bonds. The third kappa shape index (κ3) is 4.12. The molecule has 0 saturated carbocycles. The van der Waals surface area contributed by atoms with Gasteiger partial charge in [-0.2, -0.15) is 0 Å². The highest BCUT2D eigenvalue weighted by atomic mass is 16.3. The molecule has 0 heterocycles. The van der Waals surface area contributed by atoms with Crippen LogP contribution in [0.4, 0.5) is 0 Å². The summed E-state index contributed by atoms with van der Waals surface area (Å²) >= 11 is 0. The van der Waals surface area contributed by atoms with Gasteiger partial charge in [-0.05, 0) is 11.6 Å². The molecule has 0 atom stereocenters. The van der Waals surface area contributed by atoms with Crippen molar-refractivity contribution in [1.82, 2.24) is 0 Å². The van der Waals surface area contributed by atoms with Crippen LogP contribution in [0.25, 0.3) is 0 Å². The lowest BCUT2D eigenvalue weighted by Gasteiger charge is -2.26. The molecule has 0 aliphatic carbocycles. The van der Waals surface area contributed by atoms with E-state index >= 15 is 0 Å². The van der Waals surface area contributed by atoms with E-state index in [9.17, 15) is 5.11 Å². The van der Waals surface area contributed by atoms with Crippen molar-refractivity contribution in [2.45, 2.75) is 46.0 Å². The molecule has 20 heavy (non-hydrogen) atoms. The van der Waals surface area contributed by atoms with Crippen molar-refractivity contribution in [3.05, 3.63) is 65.7 Å². The van der Waals surface area contributed by atoms with Crippen LogP contribution in [0, 0.1) is 0 Å². The molecule has 0 saturated heterocycles. The van der Waals surface area contributed by atoms with E-state index in [0.717, 1.165) is 5.56 Å². The molecule has 1 heteroatoms. The van der Waals surface area contributed by atoms with Gasteiger partial charge in [0.15, 0.2) is 0 Å². The number of rotatable bonds is 3. The Hall–Kier alpha value is -1.76. The summed E-state index contributed by atoms with van der Waals surface area (Å²) in [7, 11) is 0. The van der Waals surface area contributed by atoms with Crippen molar-refractivity contribution in [3.8, 4) is 5.75 Å². The first-order valence-corrected chi connectivity index (χ1v) is 7.38. The van der Waals surface area contributed by atoms with E-state index in [4.69, 9.17) is 0 Å². The predicted molar refractivity (Wildman–Crippen MR) is 87.3 cm³/mol. The van der Waals surface area contributed by atoms with E-state index in [1.807, 2.05) is 36.4 Å². The molecule has 0 aromatic heterocycles. The SMILES string of the molecule is CC(C)(c1ccccc1)c1ccccc1O.CCCC. The molecule has 1 N–H and O–H groups in total.